The lowest BCUT2D eigenvalue weighted by molar-refractivity contribution is -0.134. The van der Waals surface area contributed by atoms with Crippen LogP contribution in [0.2, 0.25) is 0 Å². The van der Waals surface area contributed by atoms with E-state index < -0.39 is 10.1 Å². The molecule has 1 aromatic carbocycles. The van der Waals surface area contributed by atoms with Gasteiger partial charge in [-0.3, -0.25) is 4.79 Å². The fourth-order valence-electron chi connectivity index (χ4n) is 2.53. The summed E-state index contributed by atoms with van der Waals surface area (Å²) in [6.45, 7) is 11.2. The molecule has 7 heteroatoms. The molecule has 0 heterocycles. The molecule has 6 nitrogen and oxygen atoms in total. The minimum atomic E-state index is -3.67. The van der Waals surface area contributed by atoms with E-state index in [-0.39, 0.29) is 17.1 Å². The maximum atomic E-state index is 12.7. The van der Waals surface area contributed by atoms with Gasteiger partial charge in [0.1, 0.15) is 0 Å². The summed E-state index contributed by atoms with van der Waals surface area (Å²) in [7, 11) is -2.23. The Morgan fingerprint density at radius 2 is 1.81 bits per heavy atom. The lowest BCUT2D eigenvalue weighted by Crippen LogP contribution is -2.35. The summed E-state index contributed by atoms with van der Waals surface area (Å²) >= 11 is 0. The van der Waals surface area contributed by atoms with E-state index in [4.69, 9.17) is 8.92 Å². The minimum Gasteiger partial charge on any atom is -0.493 e. The van der Waals surface area contributed by atoms with E-state index in [2.05, 4.69) is 13.8 Å². The molecule has 148 valence electrons. The summed E-state index contributed by atoms with van der Waals surface area (Å²) in [5.74, 6) is 0.854. The first-order valence-corrected chi connectivity index (χ1v) is 10.5. The van der Waals surface area contributed by atoms with Crippen molar-refractivity contribution in [2.45, 2.75) is 47.6 Å². The zero-order valence-corrected chi connectivity index (χ0v) is 17.6. The topological polar surface area (TPSA) is 72.9 Å². The van der Waals surface area contributed by atoms with E-state index in [9.17, 15) is 13.2 Å². The Bertz CT molecular complexity index is 720. The van der Waals surface area contributed by atoms with Gasteiger partial charge < -0.3 is 13.8 Å². The van der Waals surface area contributed by atoms with E-state index in [0.717, 1.165) is 11.8 Å². The molecule has 0 unspecified atom stereocenters. The van der Waals surface area contributed by atoms with Crippen LogP contribution in [0.3, 0.4) is 0 Å². The van der Waals surface area contributed by atoms with Gasteiger partial charge >= 0.3 is 10.1 Å². The van der Waals surface area contributed by atoms with Crippen molar-refractivity contribution in [2.24, 2.45) is 11.3 Å². The Kier molecular flexibility index (Phi) is 7.50. The highest BCUT2D eigenvalue weighted by molar-refractivity contribution is 7.86. The van der Waals surface area contributed by atoms with Crippen LogP contribution >= 0.6 is 0 Å². The van der Waals surface area contributed by atoms with E-state index in [0.29, 0.717) is 31.2 Å². The number of nitrogens with zero attached hydrogens (tertiary/aromatic N) is 1. The molecule has 1 amide bonds. The number of amides is 1. The minimum absolute atomic E-state index is 0.0765. The fourth-order valence-corrected chi connectivity index (χ4v) is 2.99. The molecule has 1 aromatic rings. The molecule has 0 saturated carbocycles. The van der Waals surface area contributed by atoms with E-state index in [1.807, 2.05) is 31.7 Å². The number of carbonyl (C=O) groups is 1. The Morgan fingerprint density at radius 3 is 2.27 bits per heavy atom. The van der Waals surface area contributed by atoms with Gasteiger partial charge in [-0.15, -0.1) is 0 Å². The second-order valence-corrected chi connectivity index (χ2v) is 9.75. The van der Waals surface area contributed by atoms with Crippen LogP contribution < -0.4 is 8.92 Å². The summed E-state index contributed by atoms with van der Waals surface area (Å²) in [4.78, 5) is 14.5. The molecule has 0 N–H and O–H groups in total. The molecule has 0 saturated heterocycles. The van der Waals surface area contributed by atoms with Crippen LogP contribution in [0.5, 0.6) is 11.5 Å². The van der Waals surface area contributed by atoms with Gasteiger partial charge in [0.05, 0.1) is 13.4 Å². The summed E-state index contributed by atoms with van der Waals surface area (Å²) in [6.07, 6.45) is 1.43. The van der Waals surface area contributed by atoms with Crippen molar-refractivity contribution in [3.05, 3.63) is 23.8 Å². The summed E-state index contributed by atoms with van der Waals surface area (Å²) in [5, 5.41) is 0. The van der Waals surface area contributed by atoms with Crippen LogP contribution in [0.4, 0.5) is 0 Å². The number of hydrogen-bond donors (Lipinski definition) is 0. The van der Waals surface area contributed by atoms with Crippen LogP contribution in [0.15, 0.2) is 18.2 Å². The normalized spacial score (nSPS) is 12.2. The summed E-state index contributed by atoms with van der Waals surface area (Å²) < 4.78 is 33.1. The van der Waals surface area contributed by atoms with Crippen LogP contribution in [0.1, 0.15) is 46.6 Å². The number of methoxy groups -OCH3 is 1. The molecule has 0 aliphatic rings. The number of carbonyl (C=O) groups excluding carboxylic acids is 1. The standard InChI is InChI=1S/C19H31NO5S/c1-14(2)12-20(18(21)11-19(3,4)5)13-15-8-9-16(24-6)17(10-15)25-26(7,22)23/h8-10,14H,11-13H2,1-7H3. The van der Waals surface area contributed by atoms with Crippen molar-refractivity contribution in [1.82, 2.24) is 4.90 Å². The van der Waals surface area contributed by atoms with Crippen molar-refractivity contribution < 1.29 is 22.1 Å². The molecule has 0 fully saturated rings. The van der Waals surface area contributed by atoms with Crippen LogP contribution in [-0.2, 0) is 21.5 Å². The van der Waals surface area contributed by atoms with Crippen LogP contribution in [-0.4, -0.2) is 39.1 Å². The monoisotopic (exact) mass is 385 g/mol. The van der Waals surface area contributed by atoms with E-state index in [1.54, 1.807) is 12.1 Å². The first-order valence-electron chi connectivity index (χ1n) is 8.65. The van der Waals surface area contributed by atoms with Gasteiger partial charge in [-0.2, -0.15) is 8.42 Å². The van der Waals surface area contributed by atoms with Gasteiger partial charge in [0.25, 0.3) is 0 Å². The highest BCUT2D eigenvalue weighted by atomic mass is 32.2. The molecular weight excluding hydrogens is 354 g/mol. The first kappa shape index (κ1) is 22.3. The summed E-state index contributed by atoms with van der Waals surface area (Å²) in [6, 6.07) is 5.07. The van der Waals surface area contributed by atoms with Gasteiger partial charge in [0.15, 0.2) is 11.5 Å². The largest absolute Gasteiger partial charge is 0.493 e. The fraction of sp³-hybridized carbons (Fsp3) is 0.632. The quantitative estimate of drug-likeness (QED) is 0.641. The predicted octanol–water partition coefficient (Wildman–Crippen LogP) is 3.45. The lowest BCUT2D eigenvalue weighted by Gasteiger charge is -2.28. The second kappa shape index (κ2) is 8.75. The van der Waals surface area contributed by atoms with Gasteiger partial charge in [-0.25, -0.2) is 0 Å². The van der Waals surface area contributed by atoms with E-state index >= 15 is 0 Å². The molecule has 1 rings (SSSR count). The highest BCUT2D eigenvalue weighted by Crippen LogP contribution is 2.30. The third-order valence-electron chi connectivity index (χ3n) is 3.46. The molecule has 0 aromatic heterocycles. The Balaban J connectivity index is 3.10. The number of benzene rings is 1. The molecular formula is C19H31NO5S. The zero-order valence-electron chi connectivity index (χ0n) is 16.8. The van der Waals surface area contributed by atoms with Crippen LogP contribution in [0.25, 0.3) is 0 Å². The van der Waals surface area contributed by atoms with Gasteiger partial charge in [0.2, 0.25) is 5.91 Å². The molecule has 0 radical (unpaired) electrons. The maximum absolute atomic E-state index is 12.7. The van der Waals surface area contributed by atoms with Crippen LogP contribution in [0, 0.1) is 11.3 Å². The number of rotatable bonds is 8. The second-order valence-electron chi connectivity index (χ2n) is 8.18. The van der Waals surface area contributed by atoms with Crippen molar-refractivity contribution in [3.63, 3.8) is 0 Å². The third-order valence-corrected chi connectivity index (χ3v) is 3.94. The van der Waals surface area contributed by atoms with Gasteiger partial charge in [-0.05, 0) is 29.0 Å². The molecule has 0 aliphatic carbocycles. The van der Waals surface area contributed by atoms with Crippen molar-refractivity contribution in [2.75, 3.05) is 19.9 Å². The molecule has 0 aliphatic heterocycles. The highest BCUT2D eigenvalue weighted by Gasteiger charge is 2.22. The van der Waals surface area contributed by atoms with Crippen molar-refractivity contribution in [1.29, 1.82) is 0 Å². The van der Waals surface area contributed by atoms with Gasteiger partial charge in [0, 0.05) is 19.5 Å². The van der Waals surface area contributed by atoms with Crippen molar-refractivity contribution in [3.8, 4) is 11.5 Å². The Labute approximate surface area is 157 Å². The summed E-state index contributed by atoms with van der Waals surface area (Å²) in [5.41, 5.74) is 0.684. The maximum Gasteiger partial charge on any atom is 0.306 e. The molecule has 26 heavy (non-hydrogen) atoms. The van der Waals surface area contributed by atoms with Crippen molar-refractivity contribution >= 4 is 16.0 Å². The average molecular weight is 386 g/mol. The average Bonchev–Trinajstić information content (AvgIpc) is 2.43. The van der Waals surface area contributed by atoms with E-state index in [1.165, 1.54) is 7.11 Å². The Hall–Kier alpha value is -1.76. The molecule has 0 atom stereocenters. The smallest absolute Gasteiger partial charge is 0.306 e. The Morgan fingerprint density at radius 1 is 1.19 bits per heavy atom. The zero-order chi connectivity index (χ0) is 20.1. The SMILES string of the molecule is COc1ccc(CN(CC(C)C)C(=O)CC(C)(C)C)cc1OS(C)(=O)=O. The molecule has 0 spiro atoms. The predicted molar refractivity (Wildman–Crippen MR) is 103 cm³/mol. The third kappa shape index (κ3) is 8.08. The number of ether oxygens (including phenoxy) is 1. The number of hydrogen-bond acceptors (Lipinski definition) is 5. The molecule has 0 bridgehead atoms. The first-order chi connectivity index (χ1) is 11.8. The lowest BCUT2D eigenvalue weighted by atomic mass is 9.91. The van der Waals surface area contributed by atoms with Gasteiger partial charge in [-0.1, -0.05) is 40.7 Å².